The van der Waals surface area contributed by atoms with Gasteiger partial charge in [0.2, 0.25) is 0 Å². The van der Waals surface area contributed by atoms with E-state index in [2.05, 4.69) is 33.0 Å². The van der Waals surface area contributed by atoms with Crippen molar-refractivity contribution in [1.82, 2.24) is 5.32 Å². The van der Waals surface area contributed by atoms with Gasteiger partial charge in [-0.3, -0.25) is 0 Å². The molecule has 0 saturated carbocycles. The van der Waals surface area contributed by atoms with Crippen LogP contribution in [0.2, 0.25) is 0 Å². The van der Waals surface area contributed by atoms with Crippen LogP contribution in [-0.2, 0) is 11.3 Å². The van der Waals surface area contributed by atoms with E-state index in [1.54, 1.807) is 7.11 Å². The van der Waals surface area contributed by atoms with Gasteiger partial charge in [-0.25, -0.2) is 0 Å². The van der Waals surface area contributed by atoms with Crippen molar-refractivity contribution in [2.24, 2.45) is 11.3 Å². The predicted molar refractivity (Wildman–Crippen MR) is 84.1 cm³/mol. The van der Waals surface area contributed by atoms with E-state index in [1.807, 2.05) is 24.3 Å². The molecule has 0 bridgehead atoms. The summed E-state index contributed by atoms with van der Waals surface area (Å²) in [5.41, 5.74) is 1.26. The molecule has 3 nitrogen and oxygen atoms in total. The standard InChI is InChI=1S/C17H29NO2/c1-14(2)10-18-12-17(3,4)13-20-16-8-6-7-15(9-16)11-19-5/h6-9,14,18H,10-13H2,1-5H3. The van der Waals surface area contributed by atoms with E-state index in [0.717, 1.165) is 24.4 Å². The van der Waals surface area contributed by atoms with Crippen LogP contribution in [0.4, 0.5) is 0 Å². The van der Waals surface area contributed by atoms with Gasteiger partial charge >= 0.3 is 0 Å². The van der Waals surface area contributed by atoms with Gasteiger partial charge in [0, 0.05) is 19.1 Å². The lowest BCUT2D eigenvalue weighted by Gasteiger charge is -2.26. The van der Waals surface area contributed by atoms with Crippen molar-refractivity contribution in [3.63, 3.8) is 0 Å². The highest BCUT2D eigenvalue weighted by Crippen LogP contribution is 2.19. The Balaban J connectivity index is 2.42. The van der Waals surface area contributed by atoms with Crippen molar-refractivity contribution in [2.45, 2.75) is 34.3 Å². The first kappa shape index (κ1) is 17.0. The molecule has 0 spiro atoms. The maximum atomic E-state index is 5.92. The van der Waals surface area contributed by atoms with E-state index < -0.39 is 0 Å². The number of rotatable bonds is 9. The molecule has 0 fully saturated rings. The van der Waals surface area contributed by atoms with Crippen LogP contribution in [0.1, 0.15) is 33.3 Å². The molecular formula is C17H29NO2. The summed E-state index contributed by atoms with van der Waals surface area (Å²) in [6, 6.07) is 8.09. The zero-order chi connectivity index (χ0) is 15.0. The summed E-state index contributed by atoms with van der Waals surface area (Å²) in [7, 11) is 1.71. The van der Waals surface area contributed by atoms with Crippen LogP contribution in [0.15, 0.2) is 24.3 Å². The number of ether oxygens (including phenoxy) is 2. The van der Waals surface area contributed by atoms with E-state index in [0.29, 0.717) is 19.1 Å². The summed E-state index contributed by atoms with van der Waals surface area (Å²) in [6.45, 7) is 12.2. The van der Waals surface area contributed by atoms with Crippen molar-refractivity contribution >= 4 is 0 Å². The van der Waals surface area contributed by atoms with Gasteiger partial charge in [-0.2, -0.15) is 0 Å². The van der Waals surface area contributed by atoms with Crippen LogP contribution in [0.5, 0.6) is 5.75 Å². The molecule has 3 heteroatoms. The maximum absolute atomic E-state index is 5.92. The van der Waals surface area contributed by atoms with Gasteiger partial charge < -0.3 is 14.8 Å². The van der Waals surface area contributed by atoms with Crippen LogP contribution >= 0.6 is 0 Å². The Labute approximate surface area is 123 Å². The molecule has 1 N–H and O–H groups in total. The lowest BCUT2D eigenvalue weighted by Crippen LogP contribution is -2.35. The molecule has 0 atom stereocenters. The minimum absolute atomic E-state index is 0.117. The Morgan fingerprint density at radius 3 is 2.65 bits per heavy atom. The minimum Gasteiger partial charge on any atom is -0.493 e. The fourth-order valence-electron chi connectivity index (χ4n) is 1.92. The molecule has 20 heavy (non-hydrogen) atoms. The topological polar surface area (TPSA) is 30.5 Å². The van der Waals surface area contributed by atoms with E-state index in [1.165, 1.54) is 0 Å². The third-order valence-corrected chi connectivity index (χ3v) is 3.00. The summed E-state index contributed by atoms with van der Waals surface area (Å²) in [4.78, 5) is 0. The second-order valence-corrected chi connectivity index (χ2v) is 6.56. The number of methoxy groups -OCH3 is 1. The first-order valence-corrected chi connectivity index (χ1v) is 7.34. The molecule has 0 saturated heterocycles. The molecule has 1 rings (SSSR count). The molecule has 0 aliphatic carbocycles. The number of hydrogen-bond acceptors (Lipinski definition) is 3. The molecular weight excluding hydrogens is 250 g/mol. The molecule has 0 unspecified atom stereocenters. The summed E-state index contributed by atoms with van der Waals surface area (Å²) >= 11 is 0. The van der Waals surface area contributed by atoms with Crippen molar-refractivity contribution in [3.8, 4) is 5.75 Å². The Morgan fingerprint density at radius 1 is 1.25 bits per heavy atom. The van der Waals surface area contributed by atoms with Crippen LogP contribution < -0.4 is 10.1 Å². The Morgan fingerprint density at radius 2 is 2.00 bits per heavy atom. The Kier molecular flexibility index (Phi) is 7.03. The first-order chi connectivity index (χ1) is 9.43. The van der Waals surface area contributed by atoms with Gasteiger partial charge in [0.25, 0.3) is 0 Å². The zero-order valence-corrected chi connectivity index (χ0v) is 13.5. The summed E-state index contributed by atoms with van der Waals surface area (Å²) in [6.07, 6.45) is 0. The second-order valence-electron chi connectivity index (χ2n) is 6.56. The molecule has 0 aliphatic heterocycles. The summed E-state index contributed by atoms with van der Waals surface area (Å²) in [5, 5.41) is 3.49. The molecule has 0 aliphatic rings. The van der Waals surface area contributed by atoms with Crippen LogP contribution in [0.25, 0.3) is 0 Å². The highest BCUT2D eigenvalue weighted by molar-refractivity contribution is 5.28. The van der Waals surface area contributed by atoms with Gasteiger partial charge in [0.1, 0.15) is 5.75 Å². The normalized spacial score (nSPS) is 11.9. The molecule has 114 valence electrons. The van der Waals surface area contributed by atoms with Crippen LogP contribution in [0.3, 0.4) is 0 Å². The lowest BCUT2D eigenvalue weighted by molar-refractivity contribution is 0.172. The molecule has 0 aromatic heterocycles. The zero-order valence-electron chi connectivity index (χ0n) is 13.5. The molecule has 0 amide bonds. The third-order valence-electron chi connectivity index (χ3n) is 3.00. The van der Waals surface area contributed by atoms with E-state index in [-0.39, 0.29) is 5.41 Å². The van der Waals surface area contributed by atoms with Crippen LogP contribution in [-0.4, -0.2) is 26.8 Å². The molecule has 0 radical (unpaired) electrons. The first-order valence-electron chi connectivity index (χ1n) is 7.34. The fraction of sp³-hybridized carbons (Fsp3) is 0.647. The van der Waals surface area contributed by atoms with Crippen molar-refractivity contribution in [2.75, 3.05) is 26.8 Å². The monoisotopic (exact) mass is 279 g/mol. The quantitative estimate of drug-likeness (QED) is 0.750. The Hall–Kier alpha value is -1.06. The van der Waals surface area contributed by atoms with E-state index in [4.69, 9.17) is 9.47 Å². The minimum atomic E-state index is 0.117. The number of nitrogens with one attached hydrogen (secondary N) is 1. The van der Waals surface area contributed by atoms with Crippen LogP contribution in [0, 0.1) is 11.3 Å². The van der Waals surface area contributed by atoms with Crippen molar-refractivity contribution < 1.29 is 9.47 Å². The molecule has 1 aromatic rings. The van der Waals surface area contributed by atoms with E-state index >= 15 is 0 Å². The lowest BCUT2D eigenvalue weighted by atomic mass is 9.94. The van der Waals surface area contributed by atoms with Crippen molar-refractivity contribution in [1.29, 1.82) is 0 Å². The summed E-state index contributed by atoms with van der Waals surface area (Å²) < 4.78 is 11.1. The maximum Gasteiger partial charge on any atom is 0.119 e. The summed E-state index contributed by atoms with van der Waals surface area (Å²) in [5.74, 6) is 1.59. The number of hydrogen-bond donors (Lipinski definition) is 1. The van der Waals surface area contributed by atoms with Crippen molar-refractivity contribution in [3.05, 3.63) is 29.8 Å². The predicted octanol–water partition coefficient (Wildman–Crippen LogP) is 3.48. The highest BCUT2D eigenvalue weighted by atomic mass is 16.5. The highest BCUT2D eigenvalue weighted by Gasteiger charge is 2.18. The van der Waals surface area contributed by atoms with Gasteiger partial charge in [-0.1, -0.05) is 39.8 Å². The van der Waals surface area contributed by atoms with Gasteiger partial charge in [0.05, 0.1) is 13.2 Å². The second kappa shape index (κ2) is 8.28. The Bertz CT molecular complexity index is 388. The molecule has 1 aromatic carbocycles. The fourth-order valence-corrected chi connectivity index (χ4v) is 1.92. The number of benzene rings is 1. The van der Waals surface area contributed by atoms with Gasteiger partial charge in [0.15, 0.2) is 0 Å². The van der Waals surface area contributed by atoms with Gasteiger partial charge in [-0.05, 0) is 30.2 Å². The smallest absolute Gasteiger partial charge is 0.119 e. The SMILES string of the molecule is COCc1cccc(OCC(C)(C)CNCC(C)C)c1. The molecule has 0 heterocycles. The average molecular weight is 279 g/mol. The largest absolute Gasteiger partial charge is 0.493 e. The third kappa shape index (κ3) is 6.92. The average Bonchev–Trinajstić information content (AvgIpc) is 2.37. The van der Waals surface area contributed by atoms with E-state index in [9.17, 15) is 0 Å². The van der Waals surface area contributed by atoms with Gasteiger partial charge in [-0.15, -0.1) is 0 Å².